The zero-order valence-corrected chi connectivity index (χ0v) is 7.45. The number of nitrogens with zero attached hydrogens (tertiary/aromatic N) is 2. The van der Waals surface area contributed by atoms with Crippen LogP contribution in [0.3, 0.4) is 0 Å². The molecular weight excluding hydrogens is 196 g/mol. The van der Waals surface area contributed by atoms with E-state index in [1.807, 2.05) is 0 Å². The van der Waals surface area contributed by atoms with Gasteiger partial charge in [-0.3, -0.25) is 0 Å². The molecule has 1 rings (SSSR count). The summed E-state index contributed by atoms with van der Waals surface area (Å²) < 4.78 is 21.8. The minimum absolute atomic E-state index is 0.292. The van der Waals surface area contributed by atoms with Gasteiger partial charge in [0.2, 0.25) is 5.82 Å². The van der Waals surface area contributed by atoms with Crippen molar-refractivity contribution in [2.24, 2.45) is 0 Å². The lowest BCUT2D eigenvalue weighted by atomic mass is 10.6. The van der Waals surface area contributed by atoms with Crippen LogP contribution in [0.25, 0.3) is 0 Å². The highest BCUT2D eigenvalue weighted by molar-refractivity contribution is 7.90. The first kappa shape index (κ1) is 9.59. The number of carboxylic acid groups (broad SMARTS) is 1. The molecule has 0 radical (unpaired) electrons. The summed E-state index contributed by atoms with van der Waals surface area (Å²) in [6, 6.07) is 1.14. The summed E-state index contributed by atoms with van der Waals surface area (Å²) in [7, 11) is -3.47. The summed E-state index contributed by atoms with van der Waals surface area (Å²) in [5.41, 5.74) is 0. The van der Waals surface area contributed by atoms with E-state index >= 15 is 0 Å². The smallest absolute Gasteiger partial charge is 0.373 e. The van der Waals surface area contributed by atoms with Crippen molar-refractivity contribution in [3.63, 3.8) is 0 Å². The van der Waals surface area contributed by atoms with Crippen LogP contribution in [0.1, 0.15) is 10.6 Å². The molecule has 0 unspecified atom stereocenters. The van der Waals surface area contributed by atoms with Gasteiger partial charge in [-0.1, -0.05) is 0 Å². The maximum Gasteiger partial charge on any atom is 0.373 e. The molecule has 0 aliphatic heterocycles. The number of sulfone groups is 1. The number of rotatable bonds is 2. The Morgan fingerprint density at radius 3 is 2.62 bits per heavy atom. The molecule has 0 atom stereocenters. The van der Waals surface area contributed by atoms with E-state index in [0.717, 1.165) is 18.5 Å². The molecule has 0 bridgehead atoms. The Kier molecular flexibility index (Phi) is 2.28. The maximum atomic E-state index is 10.9. The van der Waals surface area contributed by atoms with E-state index in [-0.39, 0.29) is 5.03 Å². The summed E-state index contributed by atoms with van der Waals surface area (Å²) in [6.07, 6.45) is 2.04. The van der Waals surface area contributed by atoms with E-state index in [9.17, 15) is 13.2 Å². The normalized spacial score (nSPS) is 11.2. The summed E-state index contributed by atoms with van der Waals surface area (Å²) in [6.45, 7) is 0. The van der Waals surface area contributed by atoms with Crippen LogP contribution < -0.4 is 0 Å². The van der Waals surface area contributed by atoms with Gasteiger partial charge in [-0.15, -0.1) is 0 Å². The number of hydrogen-bond donors (Lipinski definition) is 1. The van der Waals surface area contributed by atoms with Crippen LogP contribution in [0.15, 0.2) is 17.3 Å². The summed E-state index contributed by atoms with van der Waals surface area (Å²) in [5.74, 6) is -1.88. The van der Waals surface area contributed by atoms with E-state index in [1.54, 1.807) is 0 Å². The van der Waals surface area contributed by atoms with Gasteiger partial charge in [0.05, 0.1) is 0 Å². The Morgan fingerprint density at radius 2 is 2.15 bits per heavy atom. The lowest BCUT2D eigenvalue weighted by Crippen LogP contribution is -2.08. The minimum atomic E-state index is -3.47. The topological polar surface area (TPSA) is 97.2 Å². The summed E-state index contributed by atoms with van der Waals surface area (Å²) in [5, 5.41) is 8.16. The van der Waals surface area contributed by atoms with Crippen LogP contribution in [-0.4, -0.2) is 35.7 Å². The van der Waals surface area contributed by atoms with E-state index in [0.29, 0.717) is 0 Å². The molecule has 0 fully saturated rings. The molecule has 0 aliphatic carbocycles. The first-order chi connectivity index (χ1) is 5.91. The third-order valence-electron chi connectivity index (χ3n) is 1.20. The van der Waals surface area contributed by atoms with Gasteiger partial charge in [0.25, 0.3) is 0 Å². The zero-order valence-electron chi connectivity index (χ0n) is 6.63. The lowest BCUT2D eigenvalue weighted by Gasteiger charge is -1.96. The summed E-state index contributed by atoms with van der Waals surface area (Å²) in [4.78, 5) is 17.1. The second-order valence-electron chi connectivity index (χ2n) is 2.30. The van der Waals surface area contributed by atoms with Gasteiger partial charge in [-0.2, -0.15) is 0 Å². The molecule has 1 aromatic rings. The zero-order chi connectivity index (χ0) is 10.1. The Bertz CT molecular complexity index is 440. The predicted molar refractivity (Wildman–Crippen MR) is 42.1 cm³/mol. The van der Waals surface area contributed by atoms with Crippen LogP contribution in [0, 0.1) is 0 Å². The molecule has 0 aromatic carbocycles. The maximum absolute atomic E-state index is 10.9. The molecule has 0 saturated heterocycles. The van der Waals surface area contributed by atoms with Crippen LogP contribution in [-0.2, 0) is 9.84 Å². The van der Waals surface area contributed by atoms with Crippen molar-refractivity contribution in [1.82, 2.24) is 9.97 Å². The fourth-order valence-corrected chi connectivity index (χ4v) is 1.21. The molecule has 1 heterocycles. The first-order valence-electron chi connectivity index (χ1n) is 3.17. The lowest BCUT2D eigenvalue weighted by molar-refractivity contribution is 0.0682. The third kappa shape index (κ3) is 2.22. The fourth-order valence-electron chi connectivity index (χ4n) is 0.652. The summed E-state index contributed by atoms with van der Waals surface area (Å²) >= 11 is 0. The Morgan fingerprint density at radius 1 is 1.54 bits per heavy atom. The van der Waals surface area contributed by atoms with Gasteiger partial charge in [-0.25, -0.2) is 23.2 Å². The number of aromatic nitrogens is 2. The van der Waals surface area contributed by atoms with E-state index in [4.69, 9.17) is 5.11 Å². The number of carboxylic acids is 1. The highest BCUT2D eigenvalue weighted by Crippen LogP contribution is 2.03. The number of aromatic carboxylic acids is 1. The second kappa shape index (κ2) is 3.09. The SMILES string of the molecule is CS(=O)(=O)c1ccnc(C(=O)O)n1. The van der Waals surface area contributed by atoms with Gasteiger partial charge in [0.1, 0.15) is 0 Å². The van der Waals surface area contributed by atoms with Crippen molar-refractivity contribution in [3.05, 3.63) is 18.1 Å². The molecule has 7 heteroatoms. The van der Waals surface area contributed by atoms with Crippen molar-refractivity contribution in [3.8, 4) is 0 Å². The van der Waals surface area contributed by atoms with Crippen molar-refractivity contribution in [2.45, 2.75) is 5.03 Å². The average Bonchev–Trinajstić information content (AvgIpc) is 2.03. The van der Waals surface area contributed by atoms with Gasteiger partial charge in [-0.05, 0) is 6.07 Å². The van der Waals surface area contributed by atoms with E-state index in [2.05, 4.69) is 9.97 Å². The average molecular weight is 202 g/mol. The molecular formula is C6H6N2O4S. The van der Waals surface area contributed by atoms with Gasteiger partial charge in [0, 0.05) is 12.5 Å². The van der Waals surface area contributed by atoms with E-state index in [1.165, 1.54) is 0 Å². The first-order valence-corrected chi connectivity index (χ1v) is 5.07. The van der Waals surface area contributed by atoms with Gasteiger partial charge in [0.15, 0.2) is 14.9 Å². The van der Waals surface area contributed by atoms with Crippen molar-refractivity contribution in [1.29, 1.82) is 0 Å². The Hall–Kier alpha value is -1.50. The molecule has 13 heavy (non-hydrogen) atoms. The van der Waals surface area contributed by atoms with Crippen LogP contribution in [0.5, 0.6) is 0 Å². The largest absolute Gasteiger partial charge is 0.475 e. The number of hydrogen-bond acceptors (Lipinski definition) is 5. The van der Waals surface area contributed by atoms with Crippen LogP contribution in [0.2, 0.25) is 0 Å². The molecule has 0 spiro atoms. The number of carbonyl (C=O) groups is 1. The molecule has 1 N–H and O–H groups in total. The quantitative estimate of drug-likeness (QED) is 0.654. The fraction of sp³-hybridized carbons (Fsp3) is 0.167. The van der Waals surface area contributed by atoms with Crippen molar-refractivity contribution >= 4 is 15.8 Å². The van der Waals surface area contributed by atoms with Crippen molar-refractivity contribution < 1.29 is 18.3 Å². The van der Waals surface area contributed by atoms with E-state index < -0.39 is 21.6 Å². The third-order valence-corrected chi connectivity index (χ3v) is 2.19. The van der Waals surface area contributed by atoms with Crippen LogP contribution >= 0.6 is 0 Å². The predicted octanol–water partition coefficient (Wildman–Crippen LogP) is -0.422. The Balaban J connectivity index is 3.29. The minimum Gasteiger partial charge on any atom is -0.475 e. The molecule has 0 aliphatic rings. The highest BCUT2D eigenvalue weighted by Gasteiger charge is 2.13. The molecule has 0 amide bonds. The molecule has 70 valence electrons. The Labute approximate surface area is 74.2 Å². The standard InChI is InChI=1S/C6H6N2O4S/c1-13(11,12)4-2-3-7-5(8-4)6(9)10/h2-3H,1H3,(H,9,10). The molecule has 1 aromatic heterocycles. The van der Waals surface area contributed by atoms with Gasteiger partial charge >= 0.3 is 5.97 Å². The van der Waals surface area contributed by atoms with Crippen molar-refractivity contribution in [2.75, 3.05) is 6.26 Å². The monoisotopic (exact) mass is 202 g/mol. The van der Waals surface area contributed by atoms with Gasteiger partial charge < -0.3 is 5.11 Å². The molecule has 0 saturated carbocycles. The molecule has 6 nitrogen and oxygen atoms in total. The van der Waals surface area contributed by atoms with Crippen LogP contribution in [0.4, 0.5) is 0 Å². The second-order valence-corrected chi connectivity index (χ2v) is 4.26. The highest BCUT2D eigenvalue weighted by atomic mass is 32.2.